The number of nitrogens with one attached hydrogen (secondary N) is 1. The van der Waals surface area contributed by atoms with Crippen LogP contribution in [0.3, 0.4) is 0 Å². The van der Waals surface area contributed by atoms with E-state index in [9.17, 15) is 14.3 Å². The Bertz CT molecular complexity index is 686. The van der Waals surface area contributed by atoms with E-state index in [1.54, 1.807) is 36.7 Å². The summed E-state index contributed by atoms with van der Waals surface area (Å²) in [6.45, 7) is 1.85. The number of nitrogens with zero attached hydrogens (tertiary/aromatic N) is 2. The van der Waals surface area contributed by atoms with Gasteiger partial charge in [-0.1, -0.05) is 12.1 Å². The van der Waals surface area contributed by atoms with Crippen LogP contribution in [0.25, 0.3) is 0 Å². The highest BCUT2D eigenvalue weighted by atomic mass is 19.1. The molecule has 2 N–H and O–H groups in total. The van der Waals surface area contributed by atoms with Gasteiger partial charge in [-0.3, -0.25) is 14.7 Å². The van der Waals surface area contributed by atoms with Gasteiger partial charge in [-0.15, -0.1) is 0 Å². The Balaban J connectivity index is 1.46. The first-order valence-electron chi connectivity index (χ1n) is 8.47. The van der Waals surface area contributed by atoms with Crippen LogP contribution in [0.15, 0.2) is 48.8 Å². The van der Waals surface area contributed by atoms with E-state index >= 15 is 0 Å². The number of halogens is 1. The van der Waals surface area contributed by atoms with Gasteiger partial charge in [-0.25, -0.2) is 4.39 Å². The van der Waals surface area contributed by atoms with Crippen LogP contribution in [0.2, 0.25) is 0 Å². The average molecular weight is 343 g/mol. The van der Waals surface area contributed by atoms with Crippen molar-refractivity contribution in [3.63, 3.8) is 0 Å². The number of carbonyl (C=O) groups is 1. The summed E-state index contributed by atoms with van der Waals surface area (Å²) in [5, 5.41) is 13.3. The summed E-state index contributed by atoms with van der Waals surface area (Å²) >= 11 is 0. The van der Waals surface area contributed by atoms with Crippen molar-refractivity contribution in [1.29, 1.82) is 0 Å². The van der Waals surface area contributed by atoms with E-state index < -0.39 is 6.10 Å². The number of aliphatic hydroxyl groups is 1. The highest BCUT2D eigenvalue weighted by Gasteiger charge is 2.27. The Morgan fingerprint density at radius 3 is 2.48 bits per heavy atom. The van der Waals surface area contributed by atoms with Gasteiger partial charge in [0.15, 0.2) is 0 Å². The number of likely N-dealkylation sites (tertiary alicyclic amines) is 1. The molecule has 1 aliphatic heterocycles. The summed E-state index contributed by atoms with van der Waals surface area (Å²) in [5.41, 5.74) is 1.48. The second-order valence-electron chi connectivity index (χ2n) is 6.39. The molecule has 0 spiro atoms. The van der Waals surface area contributed by atoms with E-state index in [0.29, 0.717) is 6.54 Å². The minimum absolute atomic E-state index is 0.0521. The summed E-state index contributed by atoms with van der Waals surface area (Å²) in [4.78, 5) is 18.1. The molecule has 132 valence electrons. The van der Waals surface area contributed by atoms with Gasteiger partial charge in [0, 0.05) is 18.1 Å². The molecule has 1 saturated heterocycles. The van der Waals surface area contributed by atoms with Crippen molar-refractivity contribution in [1.82, 2.24) is 9.88 Å². The maximum atomic E-state index is 13.0. The number of piperidine rings is 1. The fourth-order valence-corrected chi connectivity index (χ4v) is 3.20. The van der Waals surface area contributed by atoms with Gasteiger partial charge in [0.2, 0.25) is 5.91 Å². The van der Waals surface area contributed by atoms with E-state index in [1.165, 1.54) is 12.1 Å². The minimum atomic E-state index is -0.589. The van der Waals surface area contributed by atoms with Crippen molar-refractivity contribution in [2.75, 3.05) is 25.0 Å². The third-order valence-electron chi connectivity index (χ3n) is 4.62. The highest BCUT2D eigenvalue weighted by molar-refractivity contribution is 5.92. The van der Waals surface area contributed by atoms with E-state index in [4.69, 9.17) is 0 Å². The zero-order valence-electron chi connectivity index (χ0n) is 13.9. The van der Waals surface area contributed by atoms with Crippen LogP contribution in [-0.4, -0.2) is 40.5 Å². The summed E-state index contributed by atoms with van der Waals surface area (Å²) in [7, 11) is 0. The average Bonchev–Trinajstić information content (AvgIpc) is 2.63. The molecule has 2 heterocycles. The summed E-state index contributed by atoms with van der Waals surface area (Å²) < 4.78 is 13.0. The van der Waals surface area contributed by atoms with Crippen LogP contribution in [-0.2, 0) is 4.79 Å². The van der Waals surface area contributed by atoms with Crippen molar-refractivity contribution < 1.29 is 14.3 Å². The van der Waals surface area contributed by atoms with E-state index in [0.717, 1.165) is 37.2 Å². The Hall–Kier alpha value is -2.31. The molecule has 25 heavy (non-hydrogen) atoms. The number of amides is 1. The number of pyridine rings is 1. The molecule has 3 rings (SSSR count). The molecule has 1 aromatic carbocycles. The second kappa shape index (κ2) is 8.18. The molecule has 5 nitrogen and oxygen atoms in total. The second-order valence-corrected chi connectivity index (χ2v) is 6.39. The molecule has 1 aromatic heterocycles. The topological polar surface area (TPSA) is 65.5 Å². The quantitative estimate of drug-likeness (QED) is 0.876. The number of anilines is 1. The third kappa shape index (κ3) is 4.84. The zero-order chi connectivity index (χ0) is 17.6. The van der Waals surface area contributed by atoms with Crippen LogP contribution < -0.4 is 5.32 Å². The molecule has 0 radical (unpaired) electrons. The molecule has 0 bridgehead atoms. The van der Waals surface area contributed by atoms with Gasteiger partial charge in [-0.05, 0) is 61.7 Å². The molecule has 6 heteroatoms. The number of rotatable bonds is 5. The molecule has 1 amide bonds. The lowest BCUT2D eigenvalue weighted by molar-refractivity contribution is -0.117. The monoisotopic (exact) mass is 343 g/mol. The van der Waals surface area contributed by atoms with Crippen molar-refractivity contribution in [3.8, 4) is 0 Å². The van der Waals surface area contributed by atoms with Crippen molar-refractivity contribution >= 4 is 11.6 Å². The zero-order valence-corrected chi connectivity index (χ0v) is 13.9. The Morgan fingerprint density at radius 1 is 1.20 bits per heavy atom. The Morgan fingerprint density at radius 2 is 1.84 bits per heavy atom. The Labute approximate surface area is 146 Å². The maximum absolute atomic E-state index is 13.0. The largest absolute Gasteiger partial charge is 0.388 e. The van der Waals surface area contributed by atoms with Gasteiger partial charge in [0.1, 0.15) is 5.82 Å². The summed E-state index contributed by atoms with van der Waals surface area (Å²) in [6, 6.07) is 9.52. The SMILES string of the molecule is O=C(CN1CCC(C(O)c2ccc(F)cc2)CC1)Nc1ccncc1. The van der Waals surface area contributed by atoms with Crippen LogP contribution >= 0.6 is 0 Å². The normalized spacial score (nSPS) is 17.2. The number of hydrogen-bond donors (Lipinski definition) is 2. The lowest BCUT2D eigenvalue weighted by Gasteiger charge is -2.34. The first-order chi connectivity index (χ1) is 12.1. The van der Waals surface area contributed by atoms with Crippen molar-refractivity contribution in [3.05, 3.63) is 60.2 Å². The molecule has 1 atom stereocenters. The fourth-order valence-electron chi connectivity index (χ4n) is 3.20. The highest BCUT2D eigenvalue weighted by Crippen LogP contribution is 2.30. The van der Waals surface area contributed by atoms with E-state index in [1.807, 2.05) is 0 Å². The van der Waals surface area contributed by atoms with Gasteiger partial charge < -0.3 is 10.4 Å². The summed E-state index contributed by atoms with van der Waals surface area (Å²) in [6.07, 6.45) is 4.30. The maximum Gasteiger partial charge on any atom is 0.238 e. The van der Waals surface area contributed by atoms with Crippen molar-refractivity contribution in [2.24, 2.45) is 5.92 Å². The minimum Gasteiger partial charge on any atom is -0.388 e. The van der Waals surface area contributed by atoms with Gasteiger partial charge >= 0.3 is 0 Å². The van der Waals surface area contributed by atoms with Gasteiger partial charge in [-0.2, -0.15) is 0 Å². The molecule has 1 aliphatic rings. The number of aromatic nitrogens is 1. The molecule has 2 aromatic rings. The predicted octanol–water partition coefficient (Wildman–Crippen LogP) is 2.60. The van der Waals surface area contributed by atoms with Gasteiger partial charge in [0.05, 0.1) is 12.6 Å². The lowest BCUT2D eigenvalue weighted by atomic mass is 9.87. The van der Waals surface area contributed by atoms with E-state index in [-0.39, 0.29) is 17.6 Å². The third-order valence-corrected chi connectivity index (χ3v) is 4.62. The van der Waals surface area contributed by atoms with Gasteiger partial charge in [0.25, 0.3) is 0 Å². The van der Waals surface area contributed by atoms with Crippen LogP contribution in [0.4, 0.5) is 10.1 Å². The smallest absolute Gasteiger partial charge is 0.238 e. The standard InChI is InChI=1S/C19H22FN3O2/c20-16-3-1-14(2-4-16)19(25)15-7-11-23(12-8-15)13-18(24)22-17-5-9-21-10-6-17/h1-6,9-10,15,19,25H,7-8,11-13H2,(H,21,22,24). The van der Waals surface area contributed by atoms with Crippen LogP contribution in [0, 0.1) is 11.7 Å². The van der Waals surface area contributed by atoms with Crippen molar-refractivity contribution in [2.45, 2.75) is 18.9 Å². The first kappa shape index (κ1) is 17.5. The number of benzene rings is 1. The molecule has 1 unspecified atom stereocenters. The lowest BCUT2D eigenvalue weighted by Crippen LogP contribution is -2.40. The molecule has 0 aliphatic carbocycles. The molecular weight excluding hydrogens is 321 g/mol. The molecular formula is C19H22FN3O2. The molecule has 0 saturated carbocycles. The first-order valence-corrected chi connectivity index (χ1v) is 8.47. The molecule has 1 fully saturated rings. The van der Waals surface area contributed by atoms with Crippen LogP contribution in [0.1, 0.15) is 24.5 Å². The number of hydrogen-bond acceptors (Lipinski definition) is 4. The van der Waals surface area contributed by atoms with Crippen LogP contribution in [0.5, 0.6) is 0 Å². The van der Waals surface area contributed by atoms with E-state index in [2.05, 4.69) is 15.2 Å². The Kier molecular flexibility index (Phi) is 5.73. The predicted molar refractivity (Wildman–Crippen MR) is 93.4 cm³/mol. The fraction of sp³-hybridized carbons (Fsp3) is 0.368. The summed E-state index contributed by atoms with van der Waals surface area (Å²) in [5.74, 6) is -0.223. The number of carbonyl (C=O) groups excluding carboxylic acids is 1. The number of aliphatic hydroxyl groups excluding tert-OH is 1.